The first-order valence-electron chi connectivity index (χ1n) is 4.47. The summed E-state index contributed by atoms with van der Waals surface area (Å²) in [5.74, 6) is 0.927. The highest BCUT2D eigenvalue weighted by molar-refractivity contribution is 5.69. The van der Waals surface area contributed by atoms with Crippen LogP contribution >= 0.6 is 0 Å². The van der Waals surface area contributed by atoms with Crippen molar-refractivity contribution < 1.29 is 9.26 Å². The number of para-hydroxylation sites is 1. The molecule has 5 nitrogen and oxygen atoms in total. The van der Waals surface area contributed by atoms with Crippen molar-refractivity contribution in [2.75, 3.05) is 12.8 Å². The number of nitrogen functional groups attached to an aromatic ring is 1. The van der Waals surface area contributed by atoms with Gasteiger partial charge in [-0.25, -0.2) is 0 Å². The van der Waals surface area contributed by atoms with Crippen LogP contribution in [0.25, 0.3) is 11.5 Å². The van der Waals surface area contributed by atoms with Gasteiger partial charge in [-0.2, -0.15) is 4.98 Å². The quantitative estimate of drug-likeness (QED) is 0.768. The van der Waals surface area contributed by atoms with Gasteiger partial charge in [-0.05, 0) is 12.1 Å². The van der Waals surface area contributed by atoms with Crippen molar-refractivity contribution in [1.29, 1.82) is 0 Å². The van der Waals surface area contributed by atoms with Gasteiger partial charge in [0.15, 0.2) is 5.82 Å². The Labute approximate surface area is 86.9 Å². The van der Waals surface area contributed by atoms with E-state index in [1.54, 1.807) is 13.2 Å². The summed E-state index contributed by atoms with van der Waals surface area (Å²) in [6.07, 6.45) is 0. The van der Waals surface area contributed by atoms with Crippen LogP contribution < -0.4 is 5.73 Å². The van der Waals surface area contributed by atoms with Gasteiger partial charge in [0, 0.05) is 12.8 Å². The minimum Gasteiger partial charge on any atom is -0.398 e. The van der Waals surface area contributed by atoms with Crippen molar-refractivity contribution in [3.05, 3.63) is 30.1 Å². The Morgan fingerprint density at radius 2 is 2.20 bits per heavy atom. The van der Waals surface area contributed by atoms with Crippen LogP contribution in [-0.4, -0.2) is 17.3 Å². The van der Waals surface area contributed by atoms with E-state index >= 15 is 0 Å². The molecule has 0 unspecified atom stereocenters. The van der Waals surface area contributed by atoms with E-state index in [9.17, 15) is 0 Å². The number of hydrogen-bond donors (Lipinski definition) is 1. The summed E-state index contributed by atoms with van der Waals surface area (Å²) in [6, 6.07) is 7.34. The summed E-state index contributed by atoms with van der Waals surface area (Å²) >= 11 is 0. The van der Waals surface area contributed by atoms with Gasteiger partial charge >= 0.3 is 0 Å². The molecule has 0 amide bonds. The Balaban J connectivity index is 2.33. The van der Waals surface area contributed by atoms with Gasteiger partial charge < -0.3 is 15.0 Å². The first kappa shape index (κ1) is 9.67. The van der Waals surface area contributed by atoms with Gasteiger partial charge in [0.05, 0.1) is 5.56 Å². The summed E-state index contributed by atoms with van der Waals surface area (Å²) in [4.78, 5) is 4.15. The molecule has 0 radical (unpaired) electrons. The maximum Gasteiger partial charge on any atom is 0.260 e. The molecule has 2 N–H and O–H groups in total. The Bertz CT molecular complexity index is 453. The maximum atomic E-state index is 5.78. The molecule has 0 fully saturated rings. The number of nitrogens with zero attached hydrogens (tertiary/aromatic N) is 2. The topological polar surface area (TPSA) is 74.2 Å². The number of ether oxygens (including phenoxy) is 1. The molecule has 0 saturated heterocycles. The molecule has 1 heterocycles. The molecular formula is C10H11N3O2. The highest BCUT2D eigenvalue weighted by Gasteiger charge is 2.10. The first-order chi connectivity index (χ1) is 7.31. The predicted molar refractivity (Wildman–Crippen MR) is 54.9 cm³/mol. The highest BCUT2D eigenvalue weighted by Crippen LogP contribution is 2.23. The number of hydrogen-bond acceptors (Lipinski definition) is 5. The molecule has 15 heavy (non-hydrogen) atoms. The number of rotatable bonds is 3. The molecule has 1 aromatic carbocycles. The standard InChI is InChI=1S/C10H11N3O2/c1-14-6-9-12-10(15-13-9)7-4-2-3-5-8(7)11/h2-5H,6,11H2,1H3. The van der Waals surface area contributed by atoms with Crippen molar-refractivity contribution in [2.24, 2.45) is 0 Å². The summed E-state index contributed by atoms with van der Waals surface area (Å²) in [5, 5.41) is 3.76. The molecule has 0 atom stereocenters. The summed E-state index contributed by atoms with van der Waals surface area (Å²) in [7, 11) is 1.58. The van der Waals surface area contributed by atoms with Crippen LogP contribution in [0, 0.1) is 0 Å². The highest BCUT2D eigenvalue weighted by atomic mass is 16.5. The van der Waals surface area contributed by atoms with E-state index in [4.69, 9.17) is 15.0 Å². The normalized spacial score (nSPS) is 10.5. The van der Waals surface area contributed by atoms with Crippen LogP contribution in [0.15, 0.2) is 28.8 Å². The zero-order valence-electron chi connectivity index (χ0n) is 8.30. The second-order valence-corrected chi connectivity index (χ2v) is 3.04. The molecule has 1 aromatic heterocycles. The number of benzene rings is 1. The van der Waals surface area contributed by atoms with Gasteiger partial charge in [0.1, 0.15) is 6.61 Å². The molecule has 0 spiro atoms. The Kier molecular flexibility index (Phi) is 2.64. The molecule has 2 aromatic rings. The minimum atomic E-state index is 0.330. The smallest absolute Gasteiger partial charge is 0.260 e. The van der Waals surface area contributed by atoms with Gasteiger partial charge in [-0.1, -0.05) is 17.3 Å². The third kappa shape index (κ3) is 1.97. The maximum absolute atomic E-state index is 5.78. The summed E-state index contributed by atoms with van der Waals surface area (Å²) in [6.45, 7) is 0.330. The molecule has 0 aliphatic heterocycles. The molecule has 78 valence electrons. The van der Waals surface area contributed by atoms with E-state index in [2.05, 4.69) is 10.1 Å². The number of anilines is 1. The van der Waals surface area contributed by atoms with E-state index in [0.717, 1.165) is 5.56 Å². The fraction of sp³-hybridized carbons (Fsp3) is 0.200. The van der Waals surface area contributed by atoms with Crippen LogP contribution in [0.2, 0.25) is 0 Å². The van der Waals surface area contributed by atoms with Crippen molar-refractivity contribution in [3.63, 3.8) is 0 Å². The number of aromatic nitrogens is 2. The Morgan fingerprint density at radius 3 is 2.93 bits per heavy atom. The molecule has 0 aliphatic rings. The fourth-order valence-corrected chi connectivity index (χ4v) is 1.24. The Hall–Kier alpha value is -1.88. The molecule has 0 aliphatic carbocycles. The van der Waals surface area contributed by atoms with Crippen molar-refractivity contribution in [3.8, 4) is 11.5 Å². The predicted octanol–water partition coefficient (Wildman–Crippen LogP) is 1.47. The SMILES string of the molecule is COCc1noc(-c2ccccc2N)n1. The monoisotopic (exact) mass is 205 g/mol. The summed E-state index contributed by atoms with van der Waals surface area (Å²) < 4.78 is 9.95. The average molecular weight is 205 g/mol. The fourth-order valence-electron chi connectivity index (χ4n) is 1.24. The lowest BCUT2D eigenvalue weighted by molar-refractivity contribution is 0.174. The molecule has 0 bridgehead atoms. The van der Waals surface area contributed by atoms with Gasteiger partial charge in [-0.3, -0.25) is 0 Å². The zero-order chi connectivity index (χ0) is 10.7. The van der Waals surface area contributed by atoms with Crippen LogP contribution in [0.5, 0.6) is 0 Å². The second-order valence-electron chi connectivity index (χ2n) is 3.04. The number of nitrogens with two attached hydrogens (primary N) is 1. The van der Waals surface area contributed by atoms with E-state index in [1.165, 1.54) is 0 Å². The van der Waals surface area contributed by atoms with Crippen molar-refractivity contribution >= 4 is 5.69 Å². The van der Waals surface area contributed by atoms with Crippen LogP contribution in [0.3, 0.4) is 0 Å². The third-order valence-corrected chi connectivity index (χ3v) is 1.93. The molecule has 2 rings (SSSR count). The van der Waals surface area contributed by atoms with E-state index in [-0.39, 0.29) is 0 Å². The zero-order valence-corrected chi connectivity index (χ0v) is 8.30. The van der Waals surface area contributed by atoms with E-state index in [1.807, 2.05) is 18.2 Å². The third-order valence-electron chi connectivity index (χ3n) is 1.93. The lowest BCUT2D eigenvalue weighted by Gasteiger charge is -1.97. The summed E-state index contributed by atoms with van der Waals surface area (Å²) in [5.41, 5.74) is 7.14. The molecule has 0 saturated carbocycles. The van der Waals surface area contributed by atoms with Crippen molar-refractivity contribution in [1.82, 2.24) is 10.1 Å². The Morgan fingerprint density at radius 1 is 1.40 bits per heavy atom. The van der Waals surface area contributed by atoms with Crippen LogP contribution in [-0.2, 0) is 11.3 Å². The van der Waals surface area contributed by atoms with Crippen LogP contribution in [0.1, 0.15) is 5.82 Å². The van der Waals surface area contributed by atoms with Crippen molar-refractivity contribution in [2.45, 2.75) is 6.61 Å². The number of methoxy groups -OCH3 is 1. The van der Waals surface area contributed by atoms with Gasteiger partial charge in [-0.15, -0.1) is 0 Å². The lowest BCUT2D eigenvalue weighted by atomic mass is 10.2. The van der Waals surface area contributed by atoms with Gasteiger partial charge in [0.25, 0.3) is 5.89 Å². The first-order valence-corrected chi connectivity index (χ1v) is 4.47. The minimum absolute atomic E-state index is 0.330. The largest absolute Gasteiger partial charge is 0.398 e. The van der Waals surface area contributed by atoms with Gasteiger partial charge in [0.2, 0.25) is 0 Å². The second kappa shape index (κ2) is 4.10. The average Bonchev–Trinajstić information content (AvgIpc) is 2.68. The van der Waals surface area contributed by atoms with E-state index < -0.39 is 0 Å². The lowest BCUT2D eigenvalue weighted by Crippen LogP contribution is -1.91. The van der Waals surface area contributed by atoms with E-state index in [0.29, 0.717) is 24.0 Å². The molecule has 5 heteroatoms. The molecular weight excluding hydrogens is 194 g/mol. The van der Waals surface area contributed by atoms with Crippen LogP contribution in [0.4, 0.5) is 5.69 Å².